The molecule has 3 aliphatic heterocycles. The van der Waals surface area contributed by atoms with Crippen molar-refractivity contribution in [1.29, 1.82) is 5.41 Å². The van der Waals surface area contributed by atoms with Crippen molar-refractivity contribution in [2.24, 2.45) is 0 Å². The molecule has 1 saturated heterocycles. The molecule has 0 saturated carbocycles. The predicted molar refractivity (Wildman–Crippen MR) is 148 cm³/mol. The normalized spacial score (nSPS) is 18.6. The van der Waals surface area contributed by atoms with Crippen LogP contribution in [0.5, 0.6) is 0 Å². The Morgan fingerprint density at radius 3 is 2.68 bits per heavy atom. The van der Waals surface area contributed by atoms with Crippen LogP contribution in [0.15, 0.2) is 35.5 Å². The molecule has 2 amide bonds. The fourth-order valence-corrected chi connectivity index (χ4v) is 6.54. The maximum Gasteiger partial charge on any atom is 0.317 e. The molecule has 2 aromatic rings. The van der Waals surface area contributed by atoms with Gasteiger partial charge in [-0.1, -0.05) is 11.6 Å². The second kappa shape index (κ2) is 11.6. The highest BCUT2D eigenvalue weighted by molar-refractivity contribution is 7.19. The van der Waals surface area contributed by atoms with Crippen molar-refractivity contribution in [3.05, 3.63) is 51.0 Å². The standard InChI is InChI=1S/C27H32ClF2N5O2S/c1-32-27(36)34-10-6-21(33-17-7-11-37-12-8-17)20(15-34)26(31)35-9-2-3-16-13-18(23-4-5-24(28)38-23)19(25(29)30)14-22(16)35/h4-5,13-14,17,25,31,33H,2-3,6-12,15H2,1H3,(H,32,36). The minimum Gasteiger partial charge on any atom is -0.385 e. The molecule has 0 unspecified atom stereocenters. The van der Waals surface area contributed by atoms with Gasteiger partial charge in [-0.2, -0.15) is 0 Å². The van der Waals surface area contributed by atoms with E-state index < -0.39 is 6.43 Å². The van der Waals surface area contributed by atoms with Crippen LogP contribution in [0.3, 0.4) is 0 Å². The maximum atomic E-state index is 14.3. The third-order valence-corrected chi connectivity index (χ3v) is 8.71. The van der Waals surface area contributed by atoms with Gasteiger partial charge in [0.25, 0.3) is 6.43 Å². The number of hydrogen-bond acceptors (Lipinski definition) is 5. The molecule has 0 atom stereocenters. The van der Waals surface area contributed by atoms with E-state index in [2.05, 4.69) is 10.6 Å². The predicted octanol–water partition coefficient (Wildman–Crippen LogP) is 5.80. The number of fused-ring (bicyclic) bond motifs is 1. The van der Waals surface area contributed by atoms with Crippen LogP contribution in [-0.4, -0.2) is 62.7 Å². The zero-order valence-corrected chi connectivity index (χ0v) is 22.9. The second-order valence-corrected chi connectivity index (χ2v) is 11.5. The number of rotatable bonds is 5. The minimum atomic E-state index is -2.67. The Morgan fingerprint density at radius 1 is 1.21 bits per heavy atom. The molecule has 38 heavy (non-hydrogen) atoms. The first-order valence-electron chi connectivity index (χ1n) is 13.0. The number of aryl methyl sites for hydroxylation is 1. The molecular formula is C27H32ClF2N5O2S. The van der Waals surface area contributed by atoms with Crippen molar-refractivity contribution in [2.75, 3.05) is 44.8 Å². The summed E-state index contributed by atoms with van der Waals surface area (Å²) in [5.41, 5.74) is 3.68. The lowest BCUT2D eigenvalue weighted by molar-refractivity contribution is 0.0798. The first kappa shape index (κ1) is 26.9. The van der Waals surface area contributed by atoms with Gasteiger partial charge in [-0.05, 0) is 55.5 Å². The number of anilines is 1. The zero-order valence-electron chi connectivity index (χ0n) is 21.3. The molecule has 204 valence electrons. The van der Waals surface area contributed by atoms with Crippen LogP contribution < -0.4 is 15.5 Å². The molecule has 1 aromatic heterocycles. The number of amidine groups is 1. The van der Waals surface area contributed by atoms with Gasteiger partial charge in [0.1, 0.15) is 5.84 Å². The summed E-state index contributed by atoms with van der Waals surface area (Å²) in [6, 6.07) is 6.93. The number of halogens is 3. The Balaban J connectivity index is 1.51. The van der Waals surface area contributed by atoms with E-state index in [1.165, 1.54) is 11.3 Å². The van der Waals surface area contributed by atoms with Gasteiger partial charge in [0.2, 0.25) is 0 Å². The molecule has 1 fully saturated rings. The van der Waals surface area contributed by atoms with E-state index in [9.17, 15) is 19.0 Å². The summed E-state index contributed by atoms with van der Waals surface area (Å²) < 4.78 is 34.6. The summed E-state index contributed by atoms with van der Waals surface area (Å²) in [4.78, 5) is 16.7. The van der Waals surface area contributed by atoms with Crippen molar-refractivity contribution in [3.63, 3.8) is 0 Å². The Morgan fingerprint density at radius 2 is 2.00 bits per heavy atom. The number of ether oxygens (including phenoxy) is 1. The number of nitrogens with one attached hydrogen (secondary N) is 3. The largest absolute Gasteiger partial charge is 0.385 e. The van der Waals surface area contributed by atoms with Gasteiger partial charge in [0.15, 0.2) is 0 Å². The third-order valence-electron chi connectivity index (χ3n) is 7.44. The number of thiophene rings is 1. The van der Waals surface area contributed by atoms with Crippen molar-refractivity contribution < 1.29 is 18.3 Å². The van der Waals surface area contributed by atoms with E-state index in [-0.39, 0.29) is 30.0 Å². The Labute approximate surface area is 230 Å². The molecule has 11 heteroatoms. The summed E-state index contributed by atoms with van der Waals surface area (Å²) in [7, 11) is 1.60. The van der Waals surface area contributed by atoms with Gasteiger partial charge in [-0.3, -0.25) is 5.41 Å². The Hall–Kier alpha value is -2.69. The van der Waals surface area contributed by atoms with Crippen LogP contribution in [0, 0.1) is 5.41 Å². The first-order chi connectivity index (χ1) is 18.4. The molecule has 7 nitrogen and oxygen atoms in total. The molecule has 1 aromatic carbocycles. The number of amides is 2. The van der Waals surface area contributed by atoms with E-state index >= 15 is 0 Å². The van der Waals surface area contributed by atoms with Gasteiger partial charge in [-0.15, -0.1) is 11.3 Å². The average molecular weight is 564 g/mol. The number of urea groups is 1. The van der Waals surface area contributed by atoms with E-state index in [1.54, 1.807) is 30.1 Å². The average Bonchev–Trinajstić information content (AvgIpc) is 3.38. The SMILES string of the molecule is CNC(=O)N1CCC(NC2CCOCC2)=C(C(=N)N2CCCc3cc(-c4ccc(Cl)s4)c(C(F)F)cc32)C1. The number of hydrogen-bond donors (Lipinski definition) is 3. The maximum absolute atomic E-state index is 14.3. The summed E-state index contributed by atoms with van der Waals surface area (Å²) in [5, 5.41) is 15.6. The molecule has 3 aliphatic rings. The van der Waals surface area contributed by atoms with Crippen LogP contribution in [0.4, 0.5) is 19.3 Å². The molecular weight excluding hydrogens is 532 g/mol. The molecule has 0 aliphatic carbocycles. The van der Waals surface area contributed by atoms with Gasteiger partial charge < -0.3 is 25.2 Å². The summed E-state index contributed by atoms with van der Waals surface area (Å²) >= 11 is 7.39. The Bertz CT molecular complexity index is 1240. The highest BCUT2D eigenvalue weighted by Crippen LogP contribution is 2.42. The summed E-state index contributed by atoms with van der Waals surface area (Å²) in [6.07, 6.45) is 1.22. The number of benzene rings is 1. The van der Waals surface area contributed by atoms with Gasteiger partial charge in [0.05, 0.1) is 10.9 Å². The number of nitrogens with zero attached hydrogens (tertiary/aromatic N) is 2. The highest BCUT2D eigenvalue weighted by Gasteiger charge is 2.32. The third kappa shape index (κ3) is 5.53. The van der Waals surface area contributed by atoms with Gasteiger partial charge in [0, 0.05) is 78.8 Å². The Kier molecular flexibility index (Phi) is 8.20. The molecule has 0 radical (unpaired) electrons. The first-order valence-corrected chi connectivity index (χ1v) is 14.1. The quantitative estimate of drug-likeness (QED) is 0.317. The minimum absolute atomic E-state index is 0.0628. The van der Waals surface area contributed by atoms with Crippen LogP contribution in [0.2, 0.25) is 4.34 Å². The fourth-order valence-electron chi connectivity index (χ4n) is 5.46. The lowest BCUT2D eigenvalue weighted by Crippen LogP contribution is -2.48. The lowest BCUT2D eigenvalue weighted by atomic mass is 9.93. The topological polar surface area (TPSA) is 80.7 Å². The number of carbonyl (C=O) groups excluding carboxylic acids is 1. The zero-order chi connectivity index (χ0) is 26.8. The van der Waals surface area contributed by atoms with Crippen molar-refractivity contribution in [3.8, 4) is 10.4 Å². The molecule has 0 spiro atoms. The molecule has 0 bridgehead atoms. The monoisotopic (exact) mass is 563 g/mol. The number of carbonyl (C=O) groups is 1. The number of alkyl halides is 2. The van der Waals surface area contributed by atoms with E-state index in [4.69, 9.17) is 16.3 Å². The van der Waals surface area contributed by atoms with Crippen molar-refractivity contribution >= 4 is 40.5 Å². The van der Waals surface area contributed by atoms with Crippen molar-refractivity contribution in [2.45, 2.75) is 44.6 Å². The van der Waals surface area contributed by atoms with E-state index in [0.717, 1.165) is 42.5 Å². The second-order valence-electron chi connectivity index (χ2n) is 9.79. The van der Waals surface area contributed by atoms with Crippen LogP contribution in [-0.2, 0) is 11.2 Å². The smallest absolute Gasteiger partial charge is 0.317 e. The molecule has 5 rings (SSSR count). The summed E-state index contributed by atoms with van der Waals surface area (Å²) in [6.45, 7) is 2.75. The van der Waals surface area contributed by atoms with Gasteiger partial charge in [-0.25, -0.2) is 13.6 Å². The van der Waals surface area contributed by atoms with E-state index in [0.29, 0.717) is 53.2 Å². The van der Waals surface area contributed by atoms with E-state index in [1.807, 2.05) is 11.0 Å². The molecule has 4 heterocycles. The van der Waals surface area contributed by atoms with Gasteiger partial charge >= 0.3 is 6.03 Å². The van der Waals surface area contributed by atoms with Crippen molar-refractivity contribution in [1.82, 2.24) is 15.5 Å². The van der Waals surface area contributed by atoms with Crippen LogP contribution in [0.25, 0.3) is 10.4 Å². The highest BCUT2D eigenvalue weighted by atomic mass is 35.5. The van der Waals surface area contributed by atoms with Crippen LogP contribution in [0.1, 0.15) is 43.2 Å². The lowest BCUT2D eigenvalue weighted by Gasteiger charge is -2.38. The summed E-state index contributed by atoms with van der Waals surface area (Å²) in [5.74, 6) is 0.251. The molecule has 3 N–H and O–H groups in total. The van der Waals surface area contributed by atoms with Crippen LogP contribution >= 0.6 is 22.9 Å². The fraction of sp³-hybridized carbons (Fsp3) is 0.481.